The summed E-state index contributed by atoms with van der Waals surface area (Å²) in [6.07, 6.45) is -0.183. The number of aldehydes is 1. The molecule has 0 atom stereocenters. The van der Waals surface area contributed by atoms with E-state index in [9.17, 15) is 19.7 Å². The van der Waals surface area contributed by atoms with Gasteiger partial charge in [0.15, 0.2) is 0 Å². The molecule has 1 heterocycles. The topological polar surface area (TPSA) is 91.4 Å². The molecule has 0 spiro atoms. The molecule has 0 bridgehead atoms. The number of carbonyl (C=O) groups is 2. The number of ether oxygens (including phenoxy) is 1. The normalized spacial score (nSPS) is 11.4. The molecule has 3 rings (SSSR count). The van der Waals surface area contributed by atoms with Crippen LogP contribution in [0.3, 0.4) is 0 Å². The number of nitro benzene ring substituents is 1. The van der Waals surface area contributed by atoms with Crippen molar-refractivity contribution in [1.82, 2.24) is 4.57 Å². The molecule has 0 radical (unpaired) electrons. The summed E-state index contributed by atoms with van der Waals surface area (Å²) in [7, 11) is 0. The number of nitro groups is 1. The van der Waals surface area contributed by atoms with E-state index in [1.165, 1.54) is 10.6 Å². The quantitative estimate of drug-likeness (QED) is 0.377. The van der Waals surface area contributed by atoms with Crippen molar-refractivity contribution in [3.05, 3.63) is 64.2 Å². The maximum absolute atomic E-state index is 12.9. The molecular formula is C20H18N2O5. The summed E-state index contributed by atoms with van der Waals surface area (Å²) in [6, 6.07) is 13.3. The monoisotopic (exact) mass is 366 g/mol. The fourth-order valence-electron chi connectivity index (χ4n) is 2.88. The van der Waals surface area contributed by atoms with Gasteiger partial charge in [0.2, 0.25) is 0 Å². The second kappa shape index (κ2) is 6.68. The van der Waals surface area contributed by atoms with Gasteiger partial charge in [-0.1, -0.05) is 30.3 Å². The number of rotatable bonds is 3. The number of carbonyl (C=O) groups excluding carboxylic acids is 2. The first-order chi connectivity index (χ1) is 12.7. The molecule has 0 fully saturated rings. The first kappa shape index (κ1) is 18.3. The Bertz CT molecular complexity index is 1050. The van der Waals surface area contributed by atoms with Gasteiger partial charge >= 0.3 is 6.09 Å². The number of hydrogen-bond donors (Lipinski definition) is 0. The van der Waals surface area contributed by atoms with Crippen molar-refractivity contribution in [2.75, 3.05) is 0 Å². The van der Waals surface area contributed by atoms with Crippen LogP contribution in [0.15, 0.2) is 48.5 Å². The van der Waals surface area contributed by atoms with E-state index in [-0.39, 0.29) is 16.8 Å². The van der Waals surface area contributed by atoms with Gasteiger partial charge < -0.3 is 4.74 Å². The van der Waals surface area contributed by atoms with Crippen LogP contribution in [0, 0.1) is 10.1 Å². The van der Waals surface area contributed by atoms with Crippen LogP contribution >= 0.6 is 0 Å². The Morgan fingerprint density at radius 1 is 1.15 bits per heavy atom. The van der Waals surface area contributed by atoms with Gasteiger partial charge in [0.05, 0.1) is 10.6 Å². The Balaban J connectivity index is 2.39. The van der Waals surface area contributed by atoms with Crippen molar-refractivity contribution in [3.63, 3.8) is 0 Å². The van der Waals surface area contributed by atoms with Gasteiger partial charge in [-0.25, -0.2) is 9.36 Å². The van der Waals surface area contributed by atoms with Crippen LogP contribution in [0.25, 0.3) is 22.2 Å². The summed E-state index contributed by atoms with van der Waals surface area (Å²) in [5, 5.41) is 12.0. The van der Waals surface area contributed by atoms with E-state index in [1.807, 2.05) is 6.07 Å². The van der Waals surface area contributed by atoms with Crippen LogP contribution in [0.5, 0.6) is 0 Å². The van der Waals surface area contributed by atoms with Crippen molar-refractivity contribution in [2.24, 2.45) is 0 Å². The number of aromatic nitrogens is 1. The fraction of sp³-hybridized carbons (Fsp3) is 0.200. The summed E-state index contributed by atoms with van der Waals surface area (Å²) in [5.74, 6) is 0. The molecule has 3 aromatic rings. The number of nitrogens with zero attached hydrogens (tertiary/aromatic N) is 2. The Morgan fingerprint density at radius 3 is 2.37 bits per heavy atom. The molecule has 27 heavy (non-hydrogen) atoms. The van der Waals surface area contributed by atoms with E-state index in [4.69, 9.17) is 4.74 Å². The molecule has 7 heteroatoms. The molecule has 0 saturated heterocycles. The first-order valence-electron chi connectivity index (χ1n) is 8.29. The summed E-state index contributed by atoms with van der Waals surface area (Å²) in [5.41, 5.74) is 0.295. The fourth-order valence-corrected chi connectivity index (χ4v) is 2.88. The molecule has 0 aliphatic carbocycles. The van der Waals surface area contributed by atoms with Crippen molar-refractivity contribution < 1.29 is 19.2 Å². The highest BCUT2D eigenvalue weighted by Crippen LogP contribution is 2.35. The average molecular weight is 366 g/mol. The minimum absolute atomic E-state index is 0.0960. The highest BCUT2D eigenvalue weighted by molar-refractivity contribution is 6.03. The third-order valence-electron chi connectivity index (χ3n) is 3.88. The predicted molar refractivity (Wildman–Crippen MR) is 101 cm³/mol. The van der Waals surface area contributed by atoms with Gasteiger partial charge in [0, 0.05) is 17.0 Å². The molecule has 0 N–H and O–H groups in total. The minimum atomic E-state index is -0.779. The van der Waals surface area contributed by atoms with E-state index in [0.717, 1.165) is 6.07 Å². The van der Waals surface area contributed by atoms with Crippen LogP contribution in [0.2, 0.25) is 0 Å². The van der Waals surface area contributed by atoms with Gasteiger partial charge in [-0.3, -0.25) is 14.9 Å². The van der Waals surface area contributed by atoms with Gasteiger partial charge in [-0.15, -0.1) is 0 Å². The third-order valence-corrected chi connectivity index (χ3v) is 3.88. The predicted octanol–water partition coefficient (Wildman–Crippen LogP) is 4.81. The number of hydrogen-bond acceptors (Lipinski definition) is 5. The summed E-state index contributed by atoms with van der Waals surface area (Å²) >= 11 is 0. The molecule has 7 nitrogen and oxygen atoms in total. The molecule has 0 amide bonds. The van der Waals surface area contributed by atoms with Gasteiger partial charge in [-0.05, 0) is 38.5 Å². The van der Waals surface area contributed by atoms with Crippen LogP contribution < -0.4 is 0 Å². The van der Waals surface area contributed by atoms with Crippen LogP contribution in [0.4, 0.5) is 10.5 Å². The van der Waals surface area contributed by atoms with Crippen LogP contribution in [-0.4, -0.2) is 27.5 Å². The lowest BCUT2D eigenvalue weighted by atomic mass is 10.1. The Hall–Kier alpha value is -3.48. The zero-order chi connectivity index (χ0) is 19.8. The smallest absolute Gasteiger partial charge is 0.419 e. The molecule has 1 aromatic heterocycles. The van der Waals surface area contributed by atoms with Crippen molar-refractivity contribution in [2.45, 2.75) is 26.4 Å². The lowest BCUT2D eigenvalue weighted by Crippen LogP contribution is -2.27. The Morgan fingerprint density at radius 2 is 1.81 bits per heavy atom. The lowest BCUT2D eigenvalue weighted by molar-refractivity contribution is -0.383. The minimum Gasteiger partial charge on any atom is -0.443 e. The van der Waals surface area contributed by atoms with Gasteiger partial charge in [0.1, 0.15) is 17.4 Å². The van der Waals surface area contributed by atoms with E-state index in [1.54, 1.807) is 51.1 Å². The standard InChI is InChI=1S/C20H18N2O5/c1-20(2,3)27-19(24)21-16(14-7-5-4-6-8-14)11-15-9-13(12-23)10-17(18(15)21)22(25)26/h4-12H,1-3H3. The van der Waals surface area contributed by atoms with E-state index < -0.39 is 16.6 Å². The molecule has 138 valence electrons. The SMILES string of the molecule is CC(C)(C)OC(=O)n1c(-c2ccccc2)cc2cc(C=O)cc([N+](=O)[O-])c21. The summed E-state index contributed by atoms with van der Waals surface area (Å²) in [6.45, 7) is 5.16. The molecule has 0 aliphatic rings. The lowest BCUT2D eigenvalue weighted by Gasteiger charge is -2.21. The van der Waals surface area contributed by atoms with Gasteiger partial charge in [0.25, 0.3) is 5.69 Å². The number of benzene rings is 2. The highest BCUT2D eigenvalue weighted by atomic mass is 16.6. The first-order valence-corrected chi connectivity index (χ1v) is 8.29. The van der Waals surface area contributed by atoms with Crippen molar-refractivity contribution in [3.8, 4) is 11.3 Å². The average Bonchev–Trinajstić information content (AvgIpc) is 2.99. The van der Waals surface area contributed by atoms with E-state index >= 15 is 0 Å². The Labute approximate surface area is 155 Å². The van der Waals surface area contributed by atoms with Gasteiger partial charge in [-0.2, -0.15) is 0 Å². The Kier molecular flexibility index (Phi) is 4.53. The maximum Gasteiger partial charge on any atom is 0.419 e. The molecule has 0 saturated carbocycles. The zero-order valence-electron chi connectivity index (χ0n) is 15.1. The van der Waals surface area contributed by atoms with Crippen LogP contribution in [-0.2, 0) is 4.74 Å². The van der Waals surface area contributed by atoms with Crippen molar-refractivity contribution in [1.29, 1.82) is 0 Å². The third kappa shape index (κ3) is 3.57. The largest absolute Gasteiger partial charge is 0.443 e. The zero-order valence-corrected chi connectivity index (χ0v) is 15.1. The maximum atomic E-state index is 12.9. The molecular weight excluding hydrogens is 348 g/mol. The van der Waals surface area contributed by atoms with E-state index in [2.05, 4.69) is 0 Å². The summed E-state index contributed by atoms with van der Waals surface area (Å²) < 4.78 is 6.67. The molecule has 0 unspecified atom stereocenters. The van der Waals surface area contributed by atoms with E-state index in [0.29, 0.717) is 22.9 Å². The number of fused-ring (bicyclic) bond motifs is 1. The molecule has 2 aromatic carbocycles. The number of non-ortho nitro benzene ring substituents is 1. The van der Waals surface area contributed by atoms with Crippen LogP contribution in [0.1, 0.15) is 31.1 Å². The second-order valence-corrected chi connectivity index (χ2v) is 7.06. The molecule has 0 aliphatic heterocycles. The van der Waals surface area contributed by atoms with Crippen molar-refractivity contribution >= 4 is 29.0 Å². The highest BCUT2D eigenvalue weighted by Gasteiger charge is 2.28. The summed E-state index contributed by atoms with van der Waals surface area (Å²) in [4.78, 5) is 35.1. The second-order valence-electron chi connectivity index (χ2n) is 7.06.